The molecule has 0 saturated heterocycles. The summed E-state index contributed by atoms with van der Waals surface area (Å²) < 4.78 is 0. The van der Waals surface area contributed by atoms with Crippen LogP contribution in [0.15, 0.2) is 53.4 Å². The van der Waals surface area contributed by atoms with Gasteiger partial charge in [0.05, 0.1) is 10.3 Å². The molecule has 0 spiro atoms. The summed E-state index contributed by atoms with van der Waals surface area (Å²) in [6, 6.07) is 14.4. The summed E-state index contributed by atoms with van der Waals surface area (Å²) in [5.41, 5.74) is 1.29. The fourth-order valence-electron chi connectivity index (χ4n) is 1.94. The fourth-order valence-corrected chi connectivity index (χ4v) is 3.17. The standard InChI is InChI=1S/C17H16ClNO2S/c1-11(22-16-6-4-3-5-15(16)18)17(21)13-7-9-14(10-8-13)19-12(2)20/h3-11H,1-2H3,(H,19,20). The van der Waals surface area contributed by atoms with Crippen LogP contribution in [0.3, 0.4) is 0 Å². The van der Waals surface area contributed by atoms with E-state index in [0.717, 1.165) is 4.90 Å². The van der Waals surface area contributed by atoms with Gasteiger partial charge in [0.2, 0.25) is 5.91 Å². The van der Waals surface area contributed by atoms with E-state index in [0.29, 0.717) is 16.3 Å². The van der Waals surface area contributed by atoms with Gasteiger partial charge in [-0.15, -0.1) is 11.8 Å². The predicted octanol–water partition coefficient (Wildman–Crippen LogP) is 4.66. The molecular weight excluding hydrogens is 318 g/mol. The highest BCUT2D eigenvalue weighted by molar-refractivity contribution is 8.00. The fraction of sp³-hybridized carbons (Fsp3) is 0.176. The number of carbonyl (C=O) groups is 2. The molecule has 0 aliphatic carbocycles. The van der Waals surface area contributed by atoms with E-state index in [-0.39, 0.29) is 16.9 Å². The SMILES string of the molecule is CC(=O)Nc1ccc(C(=O)C(C)Sc2ccccc2Cl)cc1. The van der Waals surface area contributed by atoms with Crippen LogP contribution in [0.5, 0.6) is 0 Å². The molecule has 1 atom stereocenters. The van der Waals surface area contributed by atoms with Gasteiger partial charge in [-0.3, -0.25) is 9.59 Å². The minimum absolute atomic E-state index is 0.0271. The van der Waals surface area contributed by atoms with Crippen LogP contribution in [0, 0.1) is 0 Å². The van der Waals surface area contributed by atoms with Crippen molar-refractivity contribution in [2.45, 2.75) is 24.0 Å². The van der Waals surface area contributed by atoms with E-state index in [1.54, 1.807) is 24.3 Å². The molecule has 0 radical (unpaired) electrons. The highest BCUT2D eigenvalue weighted by atomic mass is 35.5. The number of thioether (sulfide) groups is 1. The second kappa shape index (κ2) is 7.47. The van der Waals surface area contributed by atoms with E-state index in [1.807, 2.05) is 31.2 Å². The minimum Gasteiger partial charge on any atom is -0.326 e. The van der Waals surface area contributed by atoms with Crippen LogP contribution in [0.1, 0.15) is 24.2 Å². The van der Waals surface area contributed by atoms with Gasteiger partial charge in [-0.1, -0.05) is 23.7 Å². The molecule has 1 unspecified atom stereocenters. The lowest BCUT2D eigenvalue weighted by Crippen LogP contribution is -2.13. The Labute approximate surface area is 139 Å². The van der Waals surface area contributed by atoms with Crippen LogP contribution >= 0.6 is 23.4 Å². The summed E-state index contributed by atoms with van der Waals surface area (Å²) in [5, 5.41) is 3.08. The first-order chi connectivity index (χ1) is 10.5. The summed E-state index contributed by atoms with van der Waals surface area (Å²) in [5.74, 6) is -0.110. The molecule has 2 aromatic carbocycles. The number of hydrogen-bond acceptors (Lipinski definition) is 3. The zero-order valence-corrected chi connectivity index (χ0v) is 13.9. The zero-order chi connectivity index (χ0) is 16.1. The third kappa shape index (κ3) is 4.36. The maximum atomic E-state index is 12.4. The van der Waals surface area contributed by atoms with Crippen LogP contribution in [0.2, 0.25) is 5.02 Å². The number of benzene rings is 2. The van der Waals surface area contributed by atoms with Gasteiger partial charge in [0.15, 0.2) is 5.78 Å². The number of rotatable bonds is 5. The maximum absolute atomic E-state index is 12.4. The summed E-state index contributed by atoms with van der Waals surface area (Å²) >= 11 is 7.55. The molecule has 2 rings (SSSR count). The van der Waals surface area contributed by atoms with Crippen molar-refractivity contribution in [1.29, 1.82) is 0 Å². The van der Waals surface area contributed by atoms with Crippen molar-refractivity contribution < 1.29 is 9.59 Å². The van der Waals surface area contributed by atoms with Crippen LogP contribution in [0.25, 0.3) is 0 Å². The molecule has 0 saturated carbocycles. The number of ketones is 1. The maximum Gasteiger partial charge on any atom is 0.221 e. The van der Waals surface area contributed by atoms with Crippen molar-refractivity contribution in [2.24, 2.45) is 0 Å². The summed E-state index contributed by atoms with van der Waals surface area (Å²) in [6.07, 6.45) is 0. The summed E-state index contributed by atoms with van der Waals surface area (Å²) in [4.78, 5) is 24.3. The molecule has 0 fully saturated rings. The third-order valence-corrected chi connectivity index (χ3v) is 4.62. The monoisotopic (exact) mass is 333 g/mol. The van der Waals surface area contributed by atoms with Gasteiger partial charge in [-0.2, -0.15) is 0 Å². The smallest absolute Gasteiger partial charge is 0.221 e. The van der Waals surface area contributed by atoms with Crippen molar-refractivity contribution in [3.63, 3.8) is 0 Å². The molecule has 5 heteroatoms. The van der Waals surface area contributed by atoms with Crippen LogP contribution in [-0.4, -0.2) is 16.9 Å². The first-order valence-electron chi connectivity index (χ1n) is 6.80. The molecule has 2 aromatic rings. The van der Waals surface area contributed by atoms with Gasteiger partial charge in [-0.25, -0.2) is 0 Å². The Morgan fingerprint density at radius 3 is 2.32 bits per heavy atom. The third-order valence-electron chi connectivity index (χ3n) is 3.00. The lowest BCUT2D eigenvalue weighted by Gasteiger charge is -2.12. The van der Waals surface area contributed by atoms with E-state index in [4.69, 9.17) is 11.6 Å². The minimum atomic E-state index is -0.244. The van der Waals surface area contributed by atoms with Crippen molar-refractivity contribution >= 4 is 40.7 Å². The second-order valence-corrected chi connectivity index (χ2v) is 6.60. The van der Waals surface area contributed by atoms with Gasteiger partial charge >= 0.3 is 0 Å². The van der Waals surface area contributed by atoms with Gasteiger partial charge in [0, 0.05) is 23.1 Å². The predicted molar refractivity (Wildman–Crippen MR) is 91.8 cm³/mol. The van der Waals surface area contributed by atoms with E-state index >= 15 is 0 Å². The van der Waals surface area contributed by atoms with Gasteiger partial charge < -0.3 is 5.32 Å². The van der Waals surface area contributed by atoms with Gasteiger partial charge in [-0.05, 0) is 43.3 Å². The number of carbonyl (C=O) groups excluding carboxylic acids is 2. The summed E-state index contributed by atoms with van der Waals surface area (Å²) in [7, 11) is 0. The van der Waals surface area contributed by atoms with Crippen molar-refractivity contribution in [3.05, 3.63) is 59.1 Å². The molecule has 3 nitrogen and oxygen atoms in total. The Hall–Kier alpha value is -1.78. The number of amides is 1. The largest absolute Gasteiger partial charge is 0.326 e. The van der Waals surface area contributed by atoms with E-state index < -0.39 is 0 Å². The first kappa shape index (κ1) is 16.6. The highest BCUT2D eigenvalue weighted by Gasteiger charge is 2.17. The molecule has 0 aromatic heterocycles. The first-order valence-corrected chi connectivity index (χ1v) is 8.06. The molecule has 0 bridgehead atoms. The molecule has 114 valence electrons. The Morgan fingerprint density at radius 2 is 1.73 bits per heavy atom. The molecule has 1 N–H and O–H groups in total. The number of nitrogens with one attached hydrogen (secondary N) is 1. The van der Waals surface area contributed by atoms with Crippen molar-refractivity contribution in [2.75, 3.05) is 5.32 Å². The quantitative estimate of drug-likeness (QED) is 0.639. The Morgan fingerprint density at radius 1 is 1.09 bits per heavy atom. The number of Topliss-reactive ketones (excluding diaryl/α,β-unsaturated/α-hetero) is 1. The normalized spacial score (nSPS) is 11.8. The molecule has 0 aliphatic heterocycles. The van der Waals surface area contributed by atoms with Crippen LogP contribution < -0.4 is 5.32 Å². The van der Waals surface area contributed by atoms with Crippen LogP contribution in [0.4, 0.5) is 5.69 Å². The average molecular weight is 334 g/mol. The number of anilines is 1. The molecular formula is C17H16ClNO2S. The highest BCUT2D eigenvalue weighted by Crippen LogP contribution is 2.31. The molecule has 1 amide bonds. The van der Waals surface area contributed by atoms with Crippen molar-refractivity contribution in [1.82, 2.24) is 0 Å². The van der Waals surface area contributed by atoms with Crippen LogP contribution in [-0.2, 0) is 4.79 Å². The number of hydrogen-bond donors (Lipinski definition) is 1. The topological polar surface area (TPSA) is 46.2 Å². The van der Waals surface area contributed by atoms with E-state index in [1.165, 1.54) is 18.7 Å². The average Bonchev–Trinajstić information content (AvgIpc) is 2.49. The Bertz CT molecular complexity index is 685. The number of halogens is 1. The van der Waals surface area contributed by atoms with E-state index in [9.17, 15) is 9.59 Å². The van der Waals surface area contributed by atoms with E-state index in [2.05, 4.69) is 5.32 Å². The lowest BCUT2D eigenvalue weighted by molar-refractivity contribution is -0.114. The molecule has 0 heterocycles. The lowest BCUT2D eigenvalue weighted by atomic mass is 10.1. The Kier molecular flexibility index (Phi) is 5.63. The van der Waals surface area contributed by atoms with Gasteiger partial charge in [0.25, 0.3) is 0 Å². The zero-order valence-electron chi connectivity index (χ0n) is 12.3. The second-order valence-electron chi connectivity index (χ2n) is 4.81. The summed E-state index contributed by atoms with van der Waals surface area (Å²) in [6.45, 7) is 3.30. The Balaban J connectivity index is 2.07. The van der Waals surface area contributed by atoms with Crippen molar-refractivity contribution in [3.8, 4) is 0 Å². The molecule has 0 aliphatic rings. The van der Waals surface area contributed by atoms with Gasteiger partial charge in [0.1, 0.15) is 0 Å². The molecule has 22 heavy (non-hydrogen) atoms.